The van der Waals surface area contributed by atoms with Gasteiger partial charge in [-0.1, -0.05) is 0 Å². The summed E-state index contributed by atoms with van der Waals surface area (Å²) in [5, 5.41) is 1.97. The van der Waals surface area contributed by atoms with Crippen LogP contribution in [0, 0.1) is 6.92 Å². The Morgan fingerprint density at radius 2 is 2.36 bits per heavy atom. The van der Waals surface area contributed by atoms with Crippen LogP contribution in [0.2, 0.25) is 0 Å². The van der Waals surface area contributed by atoms with E-state index in [-0.39, 0.29) is 5.56 Å². The zero-order valence-corrected chi connectivity index (χ0v) is 6.87. The highest BCUT2D eigenvalue weighted by atomic mass is 32.1. The lowest BCUT2D eigenvalue weighted by Gasteiger charge is -1.90. The molecule has 0 radical (unpaired) electrons. The van der Waals surface area contributed by atoms with Crippen LogP contribution in [0.25, 0.3) is 10.2 Å². The molecule has 2 nitrogen and oxygen atoms in total. The first-order chi connectivity index (χ1) is 5.27. The summed E-state index contributed by atoms with van der Waals surface area (Å²) in [6, 6.07) is 3.83. The molecule has 2 heterocycles. The van der Waals surface area contributed by atoms with E-state index in [1.54, 1.807) is 11.3 Å². The molecule has 11 heavy (non-hydrogen) atoms. The minimum Gasteiger partial charge on any atom is -0.321 e. The van der Waals surface area contributed by atoms with E-state index in [1.807, 2.05) is 24.4 Å². The van der Waals surface area contributed by atoms with Crippen LogP contribution in [0.3, 0.4) is 0 Å². The maximum Gasteiger partial charge on any atom is 0.251 e. The van der Waals surface area contributed by atoms with E-state index in [0.29, 0.717) is 0 Å². The molecule has 2 aromatic heterocycles. The molecule has 56 valence electrons. The van der Waals surface area contributed by atoms with Crippen molar-refractivity contribution >= 4 is 21.6 Å². The lowest BCUT2D eigenvalue weighted by molar-refractivity contribution is 1.24. The molecule has 0 aliphatic carbocycles. The first-order valence-electron chi connectivity index (χ1n) is 3.34. The molecule has 0 saturated heterocycles. The Bertz CT molecular complexity index is 441. The number of pyridine rings is 1. The maximum absolute atomic E-state index is 11.1. The van der Waals surface area contributed by atoms with Crippen molar-refractivity contribution in [2.75, 3.05) is 0 Å². The molecule has 0 aliphatic rings. The standard InChI is InChI=1S/C8H7NOS/c1-5-4-7-6(2-3-11-7)9-8(5)10/h2-4H,1H3,(H,9,10). The number of thiophene rings is 1. The van der Waals surface area contributed by atoms with Gasteiger partial charge in [-0.15, -0.1) is 11.3 Å². The molecule has 0 unspecified atom stereocenters. The van der Waals surface area contributed by atoms with Gasteiger partial charge in [-0.3, -0.25) is 4.79 Å². The van der Waals surface area contributed by atoms with Crippen molar-refractivity contribution in [1.29, 1.82) is 0 Å². The molecule has 0 amide bonds. The number of hydrogen-bond acceptors (Lipinski definition) is 2. The largest absolute Gasteiger partial charge is 0.321 e. The van der Waals surface area contributed by atoms with Gasteiger partial charge in [0.1, 0.15) is 0 Å². The van der Waals surface area contributed by atoms with E-state index in [2.05, 4.69) is 4.98 Å². The van der Waals surface area contributed by atoms with Gasteiger partial charge in [0.05, 0.1) is 10.2 Å². The van der Waals surface area contributed by atoms with Crippen molar-refractivity contribution < 1.29 is 0 Å². The number of H-pyrrole nitrogens is 1. The molecule has 2 aromatic rings. The maximum atomic E-state index is 11.1. The highest BCUT2D eigenvalue weighted by Crippen LogP contribution is 2.16. The third-order valence-corrected chi connectivity index (χ3v) is 2.51. The number of nitrogens with one attached hydrogen (secondary N) is 1. The third kappa shape index (κ3) is 0.973. The molecular weight excluding hydrogens is 158 g/mol. The Labute approximate surface area is 67.5 Å². The fourth-order valence-electron chi connectivity index (χ4n) is 1.02. The average Bonchev–Trinajstić information content (AvgIpc) is 2.36. The first-order valence-corrected chi connectivity index (χ1v) is 4.22. The topological polar surface area (TPSA) is 32.9 Å². The molecule has 0 bridgehead atoms. The monoisotopic (exact) mass is 165 g/mol. The van der Waals surface area contributed by atoms with Crippen LogP contribution >= 0.6 is 11.3 Å². The quantitative estimate of drug-likeness (QED) is 0.635. The molecule has 0 atom stereocenters. The van der Waals surface area contributed by atoms with Gasteiger partial charge >= 0.3 is 0 Å². The molecule has 0 fully saturated rings. The van der Waals surface area contributed by atoms with Crippen molar-refractivity contribution in [3.63, 3.8) is 0 Å². The zero-order chi connectivity index (χ0) is 7.84. The van der Waals surface area contributed by atoms with Crippen LogP contribution in [-0.2, 0) is 0 Å². The van der Waals surface area contributed by atoms with Gasteiger partial charge in [-0.05, 0) is 24.4 Å². The number of aromatic amines is 1. The van der Waals surface area contributed by atoms with Crippen LogP contribution in [0.1, 0.15) is 5.56 Å². The number of fused-ring (bicyclic) bond motifs is 1. The Morgan fingerprint density at radius 3 is 3.18 bits per heavy atom. The smallest absolute Gasteiger partial charge is 0.251 e. The molecular formula is C8H7NOS. The van der Waals surface area contributed by atoms with Gasteiger partial charge < -0.3 is 4.98 Å². The van der Waals surface area contributed by atoms with E-state index >= 15 is 0 Å². The lowest BCUT2D eigenvalue weighted by Crippen LogP contribution is -2.07. The SMILES string of the molecule is Cc1cc2sccc2[nH]c1=O. The van der Waals surface area contributed by atoms with Crippen LogP contribution in [0.4, 0.5) is 0 Å². The van der Waals surface area contributed by atoms with Gasteiger partial charge in [-0.2, -0.15) is 0 Å². The minimum absolute atomic E-state index is 0.0101. The molecule has 0 saturated carbocycles. The van der Waals surface area contributed by atoms with E-state index in [4.69, 9.17) is 0 Å². The van der Waals surface area contributed by atoms with Crippen LogP contribution in [-0.4, -0.2) is 4.98 Å². The van der Waals surface area contributed by atoms with E-state index < -0.39 is 0 Å². The van der Waals surface area contributed by atoms with E-state index in [9.17, 15) is 4.79 Å². The molecule has 3 heteroatoms. The van der Waals surface area contributed by atoms with Crippen molar-refractivity contribution in [3.8, 4) is 0 Å². The molecule has 2 rings (SSSR count). The summed E-state index contributed by atoms with van der Waals surface area (Å²) in [5.74, 6) is 0. The predicted molar refractivity (Wildman–Crippen MR) is 47.2 cm³/mol. The normalized spacial score (nSPS) is 10.6. The molecule has 1 N–H and O–H groups in total. The van der Waals surface area contributed by atoms with Crippen molar-refractivity contribution in [2.45, 2.75) is 6.92 Å². The fourth-order valence-corrected chi connectivity index (χ4v) is 1.86. The van der Waals surface area contributed by atoms with Gasteiger partial charge in [-0.25, -0.2) is 0 Å². The molecule has 0 aliphatic heterocycles. The van der Waals surface area contributed by atoms with Gasteiger partial charge in [0.15, 0.2) is 0 Å². The van der Waals surface area contributed by atoms with Crippen LogP contribution in [0.15, 0.2) is 22.3 Å². The summed E-state index contributed by atoms with van der Waals surface area (Å²) in [4.78, 5) is 13.9. The average molecular weight is 165 g/mol. The van der Waals surface area contributed by atoms with Crippen molar-refractivity contribution in [1.82, 2.24) is 4.98 Å². The van der Waals surface area contributed by atoms with Crippen LogP contribution < -0.4 is 5.56 Å². The van der Waals surface area contributed by atoms with Crippen LogP contribution in [0.5, 0.6) is 0 Å². The number of rotatable bonds is 0. The Hall–Kier alpha value is -1.09. The zero-order valence-electron chi connectivity index (χ0n) is 6.05. The van der Waals surface area contributed by atoms with E-state index in [0.717, 1.165) is 15.8 Å². The number of hydrogen-bond donors (Lipinski definition) is 1. The summed E-state index contributed by atoms with van der Waals surface area (Å²) < 4.78 is 1.14. The highest BCUT2D eigenvalue weighted by Gasteiger charge is 1.97. The second-order valence-corrected chi connectivity index (χ2v) is 3.43. The summed E-state index contributed by atoms with van der Waals surface area (Å²) in [6.07, 6.45) is 0. The minimum atomic E-state index is 0.0101. The van der Waals surface area contributed by atoms with Gasteiger partial charge in [0, 0.05) is 5.56 Å². The lowest BCUT2D eigenvalue weighted by atomic mass is 10.3. The van der Waals surface area contributed by atoms with Crippen molar-refractivity contribution in [2.24, 2.45) is 0 Å². The van der Waals surface area contributed by atoms with Gasteiger partial charge in [0.25, 0.3) is 5.56 Å². The fraction of sp³-hybridized carbons (Fsp3) is 0.125. The second-order valence-electron chi connectivity index (χ2n) is 2.48. The second kappa shape index (κ2) is 2.20. The highest BCUT2D eigenvalue weighted by molar-refractivity contribution is 7.17. The van der Waals surface area contributed by atoms with Crippen molar-refractivity contribution in [3.05, 3.63) is 33.4 Å². The Kier molecular flexibility index (Phi) is 1.32. The number of aromatic nitrogens is 1. The first kappa shape index (κ1) is 6.61. The predicted octanol–water partition coefficient (Wildman–Crippen LogP) is 1.90. The molecule has 0 spiro atoms. The summed E-state index contributed by atoms with van der Waals surface area (Å²) >= 11 is 1.64. The van der Waals surface area contributed by atoms with E-state index in [1.165, 1.54) is 0 Å². The van der Waals surface area contributed by atoms with Gasteiger partial charge in [0.2, 0.25) is 0 Å². The summed E-state index contributed by atoms with van der Waals surface area (Å²) in [5.41, 5.74) is 1.72. The summed E-state index contributed by atoms with van der Waals surface area (Å²) in [7, 11) is 0. The third-order valence-electron chi connectivity index (χ3n) is 1.65. The summed E-state index contributed by atoms with van der Waals surface area (Å²) in [6.45, 7) is 1.82. The Morgan fingerprint density at radius 1 is 1.55 bits per heavy atom. The molecule has 0 aromatic carbocycles. The Balaban J connectivity index is 2.97. The number of aryl methyl sites for hydroxylation is 1.